The van der Waals surface area contributed by atoms with Gasteiger partial charge in [0.2, 0.25) is 5.91 Å². The van der Waals surface area contributed by atoms with Gasteiger partial charge < -0.3 is 5.32 Å². The predicted octanol–water partition coefficient (Wildman–Crippen LogP) is 3.29. The van der Waals surface area contributed by atoms with E-state index in [1.54, 1.807) is 17.5 Å². The zero-order chi connectivity index (χ0) is 18.3. The second-order valence-corrected chi connectivity index (χ2v) is 9.92. The van der Waals surface area contributed by atoms with Crippen LogP contribution < -0.4 is 5.32 Å². The Morgan fingerprint density at radius 2 is 2.19 bits per heavy atom. The van der Waals surface area contributed by atoms with Crippen LogP contribution in [0, 0.1) is 5.82 Å². The van der Waals surface area contributed by atoms with Gasteiger partial charge in [-0.2, -0.15) is 4.31 Å². The van der Waals surface area contributed by atoms with Crippen LogP contribution in [-0.2, 0) is 14.8 Å². The summed E-state index contributed by atoms with van der Waals surface area (Å²) in [6, 6.07) is 6.63. The topological polar surface area (TPSA) is 79.4 Å². The van der Waals surface area contributed by atoms with Gasteiger partial charge in [-0.1, -0.05) is 17.4 Å². The standard InChI is InChI=1S/C16H14FN3O3S3/c17-10-5-6-11-13(9-10)25-16(18-11)19-15(21)12-3-1-7-20(12)26(22,23)14-4-2-8-24-14/h2,4-6,8-9,12H,1,3,7H2,(H,18,19,21)/t12-/m0/s1. The summed E-state index contributed by atoms with van der Waals surface area (Å²) in [5.74, 6) is -0.787. The number of hydrogen-bond donors (Lipinski definition) is 1. The average Bonchev–Trinajstić information content (AvgIpc) is 3.34. The minimum atomic E-state index is -3.69. The van der Waals surface area contributed by atoms with E-state index in [4.69, 9.17) is 0 Å². The molecular weight excluding hydrogens is 397 g/mol. The third-order valence-electron chi connectivity index (χ3n) is 4.14. The van der Waals surface area contributed by atoms with Gasteiger partial charge in [-0.05, 0) is 42.5 Å². The lowest BCUT2D eigenvalue weighted by atomic mass is 10.2. The van der Waals surface area contributed by atoms with E-state index >= 15 is 0 Å². The van der Waals surface area contributed by atoms with Crippen molar-refractivity contribution in [2.75, 3.05) is 11.9 Å². The number of amides is 1. The van der Waals surface area contributed by atoms with E-state index in [2.05, 4.69) is 10.3 Å². The number of nitrogens with zero attached hydrogens (tertiary/aromatic N) is 2. The van der Waals surface area contributed by atoms with E-state index in [1.807, 2.05) is 0 Å². The highest BCUT2D eigenvalue weighted by Crippen LogP contribution is 2.31. The molecule has 6 nitrogen and oxygen atoms in total. The Hall–Kier alpha value is -1.88. The van der Waals surface area contributed by atoms with Crippen molar-refractivity contribution in [3.05, 3.63) is 41.5 Å². The molecule has 1 aliphatic rings. The lowest BCUT2D eigenvalue weighted by Crippen LogP contribution is -2.42. The maximum atomic E-state index is 13.3. The molecule has 3 heterocycles. The van der Waals surface area contributed by atoms with E-state index in [0.717, 1.165) is 22.7 Å². The second kappa shape index (κ2) is 6.69. The van der Waals surface area contributed by atoms with Crippen LogP contribution in [0.15, 0.2) is 39.9 Å². The normalized spacial score (nSPS) is 18.4. The summed E-state index contributed by atoms with van der Waals surface area (Å²) in [5.41, 5.74) is 0.584. The minimum Gasteiger partial charge on any atom is -0.301 e. The van der Waals surface area contributed by atoms with Crippen molar-refractivity contribution in [2.24, 2.45) is 0 Å². The number of fused-ring (bicyclic) bond motifs is 1. The molecule has 1 N–H and O–H groups in total. The largest absolute Gasteiger partial charge is 0.301 e. The van der Waals surface area contributed by atoms with Crippen molar-refractivity contribution < 1.29 is 17.6 Å². The third kappa shape index (κ3) is 3.13. The van der Waals surface area contributed by atoms with Gasteiger partial charge >= 0.3 is 0 Å². The van der Waals surface area contributed by atoms with Crippen LogP contribution >= 0.6 is 22.7 Å². The monoisotopic (exact) mass is 411 g/mol. The molecule has 0 radical (unpaired) electrons. The lowest BCUT2D eigenvalue weighted by molar-refractivity contribution is -0.119. The van der Waals surface area contributed by atoms with Gasteiger partial charge in [0.25, 0.3) is 10.0 Å². The van der Waals surface area contributed by atoms with Gasteiger partial charge in [0.1, 0.15) is 16.1 Å². The molecule has 0 bridgehead atoms. The van der Waals surface area contributed by atoms with E-state index in [-0.39, 0.29) is 10.0 Å². The van der Waals surface area contributed by atoms with Gasteiger partial charge in [-0.3, -0.25) is 4.79 Å². The molecule has 0 aliphatic carbocycles. The first-order valence-corrected chi connectivity index (χ1v) is 11.0. The van der Waals surface area contributed by atoms with Crippen LogP contribution in [0.3, 0.4) is 0 Å². The van der Waals surface area contributed by atoms with Crippen molar-refractivity contribution in [3.63, 3.8) is 0 Å². The summed E-state index contributed by atoms with van der Waals surface area (Å²) in [5, 5.41) is 4.71. The molecular formula is C16H14FN3O3S3. The number of thiazole rings is 1. The van der Waals surface area contributed by atoms with E-state index in [0.29, 0.717) is 34.7 Å². The van der Waals surface area contributed by atoms with E-state index in [1.165, 1.54) is 22.5 Å². The summed E-state index contributed by atoms with van der Waals surface area (Å²) >= 11 is 2.29. The van der Waals surface area contributed by atoms with Gasteiger partial charge in [-0.15, -0.1) is 11.3 Å². The fourth-order valence-electron chi connectivity index (χ4n) is 2.96. The van der Waals surface area contributed by atoms with Gasteiger partial charge in [0, 0.05) is 6.54 Å². The average molecular weight is 412 g/mol. The molecule has 1 saturated heterocycles. The Bertz CT molecular complexity index is 1060. The van der Waals surface area contributed by atoms with Crippen molar-refractivity contribution >= 4 is 54.0 Å². The highest BCUT2D eigenvalue weighted by atomic mass is 32.2. The molecule has 1 fully saturated rings. The molecule has 0 unspecified atom stereocenters. The molecule has 0 spiro atoms. The van der Waals surface area contributed by atoms with E-state index < -0.39 is 22.0 Å². The van der Waals surface area contributed by atoms with Crippen LogP contribution in [0.1, 0.15) is 12.8 Å². The molecule has 26 heavy (non-hydrogen) atoms. The number of anilines is 1. The number of hydrogen-bond acceptors (Lipinski definition) is 6. The van der Waals surface area contributed by atoms with Crippen LogP contribution in [0.5, 0.6) is 0 Å². The van der Waals surface area contributed by atoms with Crippen molar-refractivity contribution in [1.29, 1.82) is 0 Å². The molecule has 2 aromatic heterocycles. The zero-order valence-electron chi connectivity index (χ0n) is 13.4. The van der Waals surface area contributed by atoms with Gasteiger partial charge in [-0.25, -0.2) is 17.8 Å². The Morgan fingerprint density at radius 1 is 1.35 bits per heavy atom. The Labute approximate surface area is 157 Å². The molecule has 1 amide bonds. The summed E-state index contributed by atoms with van der Waals surface area (Å²) < 4.78 is 40.9. The number of nitrogens with one attached hydrogen (secondary N) is 1. The Balaban J connectivity index is 1.56. The summed E-state index contributed by atoms with van der Waals surface area (Å²) in [6.07, 6.45) is 1.07. The number of benzene rings is 1. The smallest absolute Gasteiger partial charge is 0.253 e. The van der Waals surface area contributed by atoms with Crippen molar-refractivity contribution in [2.45, 2.75) is 23.1 Å². The highest BCUT2D eigenvalue weighted by Gasteiger charge is 2.40. The number of halogens is 1. The first kappa shape index (κ1) is 17.5. The number of sulfonamides is 1. The van der Waals surface area contributed by atoms with Gasteiger partial charge in [0.05, 0.1) is 10.2 Å². The first-order chi connectivity index (χ1) is 12.4. The number of aromatic nitrogens is 1. The van der Waals surface area contributed by atoms with Crippen LogP contribution in [0.4, 0.5) is 9.52 Å². The van der Waals surface area contributed by atoms with Crippen molar-refractivity contribution in [3.8, 4) is 0 Å². The second-order valence-electron chi connectivity index (χ2n) is 5.83. The fourth-order valence-corrected chi connectivity index (χ4v) is 6.63. The number of carbonyl (C=O) groups is 1. The predicted molar refractivity (Wildman–Crippen MR) is 99.4 cm³/mol. The molecule has 4 rings (SSSR count). The highest BCUT2D eigenvalue weighted by molar-refractivity contribution is 7.91. The van der Waals surface area contributed by atoms with Crippen molar-refractivity contribution in [1.82, 2.24) is 9.29 Å². The zero-order valence-corrected chi connectivity index (χ0v) is 15.8. The molecule has 1 atom stereocenters. The lowest BCUT2D eigenvalue weighted by Gasteiger charge is -2.22. The third-order valence-corrected chi connectivity index (χ3v) is 8.36. The molecule has 10 heteroatoms. The number of thiophene rings is 1. The Morgan fingerprint density at radius 3 is 2.96 bits per heavy atom. The SMILES string of the molecule is O=C(Nc1nc2ccc(F)cc2s1)[C@@H]1CCCN1S(=O)(=O)c1cccs1. The Kier molecular flexibility index (Phi) is 4.51. The molecule has 136 valence electrons. The van der Waals surface area contributed by atoms with E-state index in [9.17, 15) is 17.6 Å². The molecule has 0 saturated carbocycles. The summed E-state index contributed by atoms with van der Waals surface area (Å²) in [6.45, 7) is 0.309. The molecule has 1 aromatic carbocycles. The van der Waals surface area contributed by atoms with Gasteiger partial charge in [0.15, 0.2) is 5.13 Å². The molecule has 3 aromatic rings. The summed E-state index contributed by atoms with van der Waals surface area (Å²) in [7, 11) is -3.69. The maximum Gasteiger partial charge on any atom is 0.253 e. The van der Waals surface area contributed by atoms with Crippen LogP contribution in [-0.4, -0.2) is 36.2 Å². The minimum absolute atomic E-state index is 0.229. The maximum absolute atomic E-state index is 13.3. The van der Waals surface area contributed by atoms with Crippen LogP contribution in [0.25, 0.3) is 10.2 Å². The number of carbonyl (C=O) groups excluding carboxylic acids is 1. The quantitative estimate of drug-likeness (QED) is 0.715. The van der Waals surface area contributed by atoms with Crippen LogP contribution in [0.2, 0.25) is 0 Å². The summed E-state index contributed by atoms with van der Waals surface area (Å²) in [4.78, 5) is 16.9. The molecule has 1 aliphatic heterocycles. The number of rotatable bonds is 4. The first-order valence-electron chi connectivity index (χ1n) is 7.87. The fraction of sp³-hybridized carbons (Fsp3) is 0.250.